The number of aldehydes is 1. The molecule has 4 N–H and O–H groups in total. The fourth-order valence-electron chi connectivity index (χ4n) is 9.67. The number of thiazole rings is 1. The Morgan fingerprint density at radius 1 is 1.00 bits per heavy atom. The van der Waals surface area contributed by atoms with Gasteiger partial charge in [-0.1, -0.05) is 31.4 Å². The number of likely N-dealkylation sites (N-methyl/N-ethyl adjacent to an activating group) is 1. The number of carbonyl (C=O) groups is 5. The van der Waals surface area contributed by atoms with E-state index in [9.17, 15) is 42.3 Å². The minimum absolute atomic E-state index is 0.0925. The van der Waals surface area contributed by atoms with Crippen molar-refractivity contribution in [3.63, 3.8) is 0 Å². The van der Waals surface area contributed by atoms with E-state index < -0.39 is 47.1 Å². The van der Waals surface area contributed by atoms with Crippen LogP contribution in [0.25, 0.3) is 10.2 Å². The van der Waals surface area contributed by atoms with E-state index in [-0.39, 0.29) is 18.5 Å². The summed E-state index contributed by atoms with van der Waals surface area (Å²) in [4.78, 5) is 73.6. The third-order valence-electron chi connectivity index (χ3n) is 12.6. The SMILES string of the molecule is CC(C)(O)c1cc2nc(C3CCCCC3)sc2cc1NC(=O)c1cccc(C(F)(F)F)n1.CNC(=O)C(CCC=O)N1C(=O)c2cccc(NCCC3CC4(C3)CN(C)C4)c2C1=O. The smallest absolute Gasteiger partial charge is 0.386 e. The van der Waals surface area contributed by atoms with Crippen LogP contribution in [0.2, 0.25) is 0 Å². The summed E-state index contributed by atoms with van der Waals surface area (Å²) in [5.41, 5.74) is 0.507. The second-order valence-electron chi connectivity index (χ2n) is 17.9. The highest BCUT2D eigenvalue weighted by Crippen LogP contribution is 2.52. The van der Waals surface area contributed by atoms with Crippen molar-refractivity contribution in [3.8, 4) is 0 Å². The lowest BCUT2D eigenvalue weighted by molar-refractivity contribution is -0.141. The monoisotopic (exact) mass is 889 g/mol. The molecule has 0 bridgehead atoms. The number of aliphatic hydroxyl groups is 1. The van der Waals surface area contributed by atoms with Gasteiger partial charge >= 0.3 is 6.18 Å². The van der Waals surface area contributed by atoms with E-state index >= 15 is 0 Å². The van der Waals surface area contributed by atoms with E-state index in [0.29, 0.717) is 51.6 Å². The summed E-state index contributed by atoms with van der Waals surface area (Å²) >= 11 is 1.56. The summed E-state index contributed by atoms with van der Waals surface area (Å²) in [5, 5.41) is 20.2. The van der Waals surface area contributed by atoms with Gasteiger partial charge in [0.1, 0.15) is 23.7 Å². The fraction of sp³-hybridized carbons (Fsp3) is 0.500. The quantitative estimate of drug-likeness (QED) is 0.0768. The molecule has 0 radical (unpaired) electrons. The molecule has 2 aliphatic carbocycles. The van der Waals surface area contributed by atoms with Crippen LogP contribution in [0.4, 0.5) is 24.5 Å². The highest BCUT2D eigenvalue weighted by atomic mass is 32.1. The molecule has 1 spiro atoms. The molecule has 2 aromatic heterocycles. The summed E-state index contributed by atoms with van der Waals surface area (Å²) in [6.07, 6.45) is 5.60. The number of imide groups is 1. The Hall–Kier alpha value is -5.26. The largest absolute Gasteiger partial charge is 0.433 e. The standard InChI is InChI=1S/C23H24F3N3O2S.C23H30N4O4/c1-22(2,31)14-11-17-18(32-21(29-17)13-7-4-3-5-8-13)12-16(14)28-20(30)15-9-6-10-19(27-15)23(24,25)26;1-24-20(29)18(7-4-10-28)27-21(30)16-5-3-6-17(19(16)22(27)31)25-9-8-15-11-23(12-15)13-26(2)14-23/h6,9-13,31H,3-5,7-8H2,1-2H3,(H,28,30);3,5-6,10,15,18,25H,4,7-9,11-14H2,1-2H3,(H,24,29). The number of pyridine rings is 1. The second kappa shape index (κ2) is 18.5. The van der Waals surface area contributed by atoms with Crippen LogP contribution >= 0.6 is 11.3 Å². The maximum absolute atomic E-state index is 13.2. The predicted octanol–water partition coefficient (Wildman–Crippen LogP) is 7.76. The normalized spacial score (nSPS) is 18.3. The second-order valence-corrected chi connectivity index (χ2v) is 19.0. The van der Waals surface area contributed by atoms with Crippen LogP contribution < -0.4 is 16.0 Å². The summed E-state index contributed by atoms with van der Waals surface area (Å²) in [5.74, 6) is -1.09. The van der Waals surface area contributed by atoms with Crippen molar-refractivity contribution in [1.29, 1.82) is 0 Å². The van der Waals surface area contributed by atoms with Crippen LogP contribution in [0.3, 0.4) is 0 Å². The van der Waals surface area contributed by atoms with Crippen LogP contribution in [0.1, 0.15) is 131 Å². The first-order valence-electron chi connectivity index (χ1n) is 21.5. The Balaban J connectivity index is 0.000000189. The van der Waals surface area contributed by atoms with Crippen molar-refractivity contribution in [1.82, 2.24) is 25.1 Å². The highest BCUT2D eigenvalue weighted by Gasteiger charge is 2.50. The molecule has 2 saturated carbocycles. The van der Waals surface area contributed by atoms with Gasteiger partial charge < -0.3 is 30.8 Å². The van der Waals surface area contributed by atoms with E-state index in [4.69, 9.17) is 4.98 Å². The van der Waals surface area contributed by atoms with Gasteiger partial charge in [0, 0.05) is 56.0 Å². The number of fused-ring (bicyclic) bond motifs is 2. The van der Waals surface area contributed by atoms with Crippen LogP contribution in [0.15, 0.2) is 48.5 Å². The van der Waals surface area contributed by atoms with Crippen LogP contribution in [-0.4, -0.2) is 94.6 Å². The summed E-state index contributed by atoms with van der Waals surface area (Å²) in [7, 11) is 3.61. The number of amides is 4. The number of hydrogen-bond donors (Lipinski definition) is 4. The maximum atomic E-state index is 13.2. The number of rotatable bonds is 13. The molecule has 1 atom stereocenters. The van der Waals surface area contributed by atoms with Gasteiger partial charge in [0.25, 0.3) is 17.7 Å². The molecule has 63 heavy (non-hydrogen) atoms. The first kappa shape index (κ1) is 45.8. The Morgan fingerprint density at radius 2 is 1.71 bits per heavy atom. The van der Waals surface area contributed by atoms with Gasteiger partial charge in [-0.15, -0.1) is 11.3 Å². The molecular weight excluding hydrogens is 836 g/mol. The van der Waals surface area contributed by atoms with Crippen molar-refractivity contribution in [3.05, 3.63) is 81.6 Å². The molecule has 1 unspecified atom stereocenters. The zero-order chi connectivity index (χ0) is 45.3. The number of aromatic nitrogens is 2. The Kier molecular flexibility index (Phi) is 13.4. The Morgan fingerprint density at radius 3 is 2.37 bits per heavy atom. The molecule has 4 amide bonds. The number of halogens is 3. The van der Waals surface area contributed by atoms with Crippen molar-refractivity contribution in [2.45, 2.75) is 102 Å². The van der Waals surface area contributed by atoms with Crippen LogP contribution in [0, 0.1) is 11.3 Å². The third-order valence-corrected chi connectivity index (χ3v) is 13.7. The average molecular weight is 890 g/mol. The zero-order valence-electron chi connectivity index (χ0n) is 35.9. The molecule has 4 aromatic rings. The van der Waals surface area contributed by atoms with Crippen molar-refractivity contribution < 1.29 is 42.3 Å². The molecule has 17 heteroatoms. The van der Waals surface area contributed by atoms with Gasteiger partial charge in [0.15, 0.2) is 0 Å². The predicted molar refractivity (Wildman–Crippen MR) is 234 cm³/mol. The molecule has 2 aromatic carbocycles. The molecule has 3 fully saturated rings. The fourth-order valence-corrected chi connectivity index (χ4v) is 10.8. The van der Waals surface area contributed by atoms with Crippen LogP contribution in [0.5, 0.6) is 0 Å². The van der Waals surface area contributed by atoms with Crippen molar-refractivity contribution in [2.24, 2.45) is 11.3 Å². The van der Waals surface area contributed by atoms with Crippen molar-refractivity contribution in [2.75, 3.05) is 44.4 Å². The number of anilines is 2. The average Bonchev–Trinajstić information content (AvgIpc) is 3.76. The van der Waals surface area contributed by atoms with E-state index in [2.05, 4.69) is 32.9 Å². The summed E-state index contributed by atoms with van der Waals surface area (Å²) in [6, 6.07) is 10.8. The molecule has 13 nitrogen and oxygen atoms in total. The summed E-state index contributed by atoms with van der Waals surface area (Å²) < 4.78 is 39.8. The number of nitrogens with zero attached hydrogens (tertiary/aromatic N) is 4. The lowest BCUT2D eigenvalue weighted by Crippen LogP contribution is -2.60. The molecule has 2 aliphatic heterocycles. The van der Waals surface area contributed by atoms with Gasteiger partial charge in [-0.25, -0.2) is 9.97 Å². The number of carbonyl (C=O) groups excluding carboxylic acids is 5. The first-order valence-corrected chi connectivity index (χ1v) is 22.3. The van der Waals surface area contributed by atoms with E-state index in [0.717, 1.165) is 58.1 Å². The lowest BCUT2D eigenvalue weighted by Gasteiger charge is -2.58. The summed E-state index contributed by atoms with van der Waals surface area (Å²) in [6.45, 7) is 6.30. The van der Waals surface area contributed by atoms with Crippen LogP contribution in [-0.2, 0) is 21.4 Å². The third kappa shape index (κ3) is 9.95. The number of hydrogen-bond acceptors (Lipinski definition) is 11. The molecule has 1 saturated heterocycles. The lowest BCUT2D eigenvalue weighted by atomic mass is 9.57. The molecule has 4 aliphatic rings. The van der Waals surface area contributed by atoms with Gasteiger partial charge in [0.05, 0.1) is 32.0 Å². The van der Waals surface area contributed by atoms with E-state index in [1.807, 2.05) is 0 Å². The highest BCUT2D eigenvalue weighted by molar-refractivity contribution is 7.18. The molecular formula is C46H54F3N7O6S. The van der Waals surface area contributed by atoms with Gasteiger partial charge in [-0.05, 0) is 107 Å². The Labute approximate surface area is 368 Å². The molecule has 4 heterocycles. The van der Waals surface area contributed by atoms with Gasteiger partial charge in [-0.3, -0.25) is 24.1 Å². The number of benzene rings is 2. The van der Waals surface area contributed by atoms with Crippen molar-refractivity contribution >= 4 is 62.8 Å². The maximum Gasteiger partial charge on any atom is 0.433 e. The number of alkyl halides is 3. The minimum Gasteiger partial charge on any atom is -0.386 e. The number of likely N-dealkylation sites (tertiary alicyclic amines) is 1. The van der Waals surface area contributed by atoms with Gasteiger partial charge in [0.2, 0.25) is 5.91 Å². The first-order chi connectivity index (χ1) is 29.9. The van der Waals surface area contributed by atoms with Gasteiger partial charge in [-0.2, -0.15) is 13.2 Å². The minimum atomic E-state index is -4.65. The van der Waals surface area contributed by atoms with E-state index in [1.165, 1.54) is 58.3 Å². The number of nitrogens with one attached hydrogen (secondary N) is 3. The molecule has 336 valence electrons. The Bertz CT molecular complexity index is 2380. The zero-order valence-corrected chi connectivity index (χ0v) is 36.8. The molecule has 8 rings (SSSR count). The van der Waals surface area contributed by atoms with E-state index in [1.54, 1.807) is 55.5 Å². The topological polar surface area (TPSA) is 174 Å².